The van der Waals surface area contributed by atoms with Gasteiger partial charge in [-0.15, -0.1) is 0 Å². The van der Waals surface area contributed by atoms with E-state index >= 15 is 0 Å². The molecule has 2 aliphatic carbocycles. The molecule has 2 fully saturated rings. The SMILES string of the molecule is CO[Si](C)(C)C1CC2CC1C(C)C2C. The molecule has 0 radical (unpaired) electrons. The van der Waals surface area contributed by atoms with Crippen molar-refractivity contribution < 1.29 is 4.43 Å². The monoisotopic (exact) mass is 212 g/mol. The summed E-state index contributed by atoms with van der Waals surface area (Å²) in [5.74, 6) is 3.91. The van der Waals surface area contributed by atoms with E-state index in [1.165, 1.54) is 12.8 Å². The number of rotatable bonds is 2. The van der Waals surface area contributed by atoms with Crippen LogP contribution in [0, 0.1) is 23.7 Å². The largest absolute Gasteiger partial charge is 0.420 e. The Morgan fingerprint density at radius 2 is 1.71 bits per heavy atom. The van der Waals surface area contributed by atoms with Gasteiger partial charge >= 0.3 is 0 Å². The van der Waals surface area contributed by atoms with Gasteiger partial charge in [0.25, 0.3) is 0 Å². The molecule has 0 N–H and O–H groups in total. The minimum Gasteiger partial charge on any atom is -0.420 e. The molecule has 14 heavy (non-hydrogen) atoms. The van der Waals surface area contributed by atoms with Crippen molar-refractivity contribution in [3.63, 3.8) is 0 Å². The van der Waals surface area contributed by atoms with E-state index < -0.39 is 8.32 Å². The molecule has 0 spiro atoms. The molecule has 2 bridgehead atoms. The lowest BCUT2D eigenvalue weighted by atomic mass is 9.81. The van der Waals surface area contributed by atoms with Crippen LogP contribution in [0.15, 0.2) is 0 Å². The molecule has 5 unspecified atom stereocenters. The van der Waals surface area contributed by atoms with Crippen LogP contribution >= 0.6 is 0 Å². The Balaban J connectivity index is 2.13. The summed E-state index contributed by atoms with van der Waals surface area (Å²) in [6, 6.07) is 0. The molecule has 5 atom stereocenters. The van der Waals surface area contributed by atoms with Gasteiger partial charge < -0.3 is 4.43 Å². The van der Waals surface area contributed by atoms with E-state index in [9.17, 15) is 0 Å². The van der Waals surface area contributed by atoms with E-state index in [1.807, 2.05) is 7.11 Å². The zero-order valence-corrected chi connectivity index (χ0v) is 11.2. The molecule has 0 aromatic rings. The second-order valence-corrected chi connectivity index (χ2v) is 10.4. The van der Waals surface area contributed by atoms with Crippen molar-refractivity contribution in [2.75, 3.05) is 7.11 Å². The minimum absolute atomic E-state index is 0.934. The van der Waals surface area contributed by atoms with Gasteiger partial charge in [-0.1, -0.05) is 13.8 Å². The van der Waals surface area contributed by atoms with Crippen molar-refractivity contribution in [1.29, 1.82) is 0 Å². The first-order chi connectivity index (χ1) is 6.47. The highest BCUT2D eigenvalue weighted by Crippen LogP contribution is 2.60. The summed E-state index contributed by atoms with van der Waals surface area (Å²) in [5.41, 5.74) is 0.934. The van der Waals surface area contributed by atoms with Crippen LogP contribution in [-0.4, -0.2) is 15.4 Å². The molecule has 0 aromatic heterocycles. The van der Waals surface area contributed by atoms with E-state index in [2.05, 4.69) is 26.9 Å². The van der Waals surface area contributed by atoms with Crippen molar-refractivity contribution in [1.82, 2.24) is 0 Å². The zero-order valence-electron chi connectivity index (χ0n) is 10.2. The maximum absolute atomic E-state index is 5.80. The van der Waals surface area contributed by atoms with Crippen molar-refractivity contribution >= 4 is 8.32 Å². The predicted molar refractivity (Wildman–Crippen MR) is 62.8 cm³/mol. The second kappa shape index (κ2) is 3.34. The van der Waals surface area contributed by atoms with E-state index in [-0.39, 0.29) is 0 Å². The van der Waals surface area contributed by atoms with Crippen LogP contribution in [0.1, 0.15) is 26.7 Å². The highest BCUT2D eigenvalue weighted by molar-refractivity contribution is 6.72. The van der Waals surface area contributed by atoms with Crippen LogP contribution < -0.4 is 0 Å². The lowest BCUT2D eigenvalue weighted by Gasteiger charge is -2.39. The van der Waals surface area contributed by atoms with Gasteiger partial charge in [0, 0.05) is 7.11 Å². The molecule has 0 aromatic carbocycles. The van der Waals surface area contributed by atoms with Crippen LogP contribution in [0.4, 0.5) is 0 Å². The normalized spacial score (nSPS) is 47.4. The number of hydrogen-bond acceptors (Lipinski definition) is 1. The molecule has 0 saturated heterocycles. The summed E-state index contributed by atoms with van der Waals surface area (Å²) in [4.78, 5) is 0. The summed E-state index contributed by atoms with van der Waals surface area (Å²) < 4.78 is 5.80. The van der Waals surface area contributed by atoms with Crippen molar-refractivity contribution in [3.05, 3.63) is 0 Å². The molecule has 82 valence electrons. The van der Waals surface area contributed by atoms with Crippen LogP contribution in [0.5, 0.6) is 0 Å². The Morgan fingerprint density at radius 3 is 2.14 bits per heavy atom. The Kier molecular flexibility index (Phi) is 2.55. The fourth-order valence-electron chi connectivity index (χ4n) is 3.89. The van der Waals surface area contributed by atoms with E-state index in [4.69, 9.17) is 4.43 Å². The van der Waals surface area contributed by atoms with Gasteiger partial charge in [0.15, 0.2) is 8.32 Å². The van der Waals surface area contributed by atoms with Gasteiger partial charge in [-0.05, 0) is 55.1 Å². The van der Waals surface area contributed by atoms with E-state index in [1.54, 1.807) is 0 Å². The summed E-state index contributed by atoms with van der Waals surface area (Å²) in [5, 5.41) is 0. The van der Waals surface area contributed by atoms with Gasteiger partial charge in [-0.3, -0.25) is 0 Å². The highest BCUT2D eigenvalue weighted by Gasteiger charge is 2.54. The highest BCUT2D eigenvalue weighted by atomic mass is 28.4. The predicted octanol–water partition coefficient (Wildman–Crippen LogP) is 3.52. The topological polar surface area (TPSA) is 9.23 Å². The lowest BCUT2D eigenvalue weighted by molar-refractivity contribution is 0.239. The molecular formula is C12H24OSi. The van der Waals surface area contributed by atoms with Gasteiger partial charge in [0.05, 0.1) is 0 Å². The Morgan fingerprint density at radius 1 is 1.07 bits per heavy atom. The van der Waals surface area contributed by atoms with Crippen molar-refractivity contribution in [2.24, 2.45) is 23.7 Å². The Hall–Kier alpha value is 0.177. The minimum atomic E-state index is -1.37. The van der Waals surface area contributed by atoms with E-state index in [0.717, 1.165) is 29.2 Å². The van der Waals surface area contributed by atoms with Gasteiger partial charge in [0.2, 0.25) is 0 Å². The standard InChI is InChI=1S/C12H24OSi/c1-8-9(2)11-6-10(8)7-12(11)14(4,5)13-3/h8-12H,6-7H2,1-5H3. The fourth-order valence-corrected chi connectivity index (χ4v) is 6.54. The maximum Gasteiger partial charge on any atom is 0.189 e. The quantitative estimate of drug-likeness (QED) is 0.636. The summed E-state index contributed by atoms with van der Waals surface area (Å²) in [6.45, 7) is 9.71. The first kappa shape index (κ1) is 10.7. The molecule has 2 aliphatic rings. The molecule has 1 nitrogen and oxygen atoms in total. The molecule has 0 amide bonds. The molecule has 2 rings (SSSR count). The van der Waals surface area contributed by atoms with Crippen LogP contribution in [0.25, 0.3) is 0 Å². The Labute approximate surface area is 89.4 Å². The van der Waals surface area contributed by atoms with Gasteiger partial charge in [-0.25, -0.2) is 0 Å². The average molecular weight is 212 g/mol. The Bertz CT molecular complexity index is 224. The summed E-state index contributed by atoms with van der Waals surface area (Å²) in [6.07, 6.45) is 2.95. The van der Waals surface area contributed by atoms with E-state index in [0.29, 0.717) is 0 Å². The van der Waals surface area contributed by atoms with Crippen LogP contribution in [0.2, 0.25) is 18.6 Å². The second-order valence-electron chi connectivity index (χ2n) is 6.03. The van der Waals surface area contributed by atoms with Crippen LogP contribution in [-0.2, 0) is 4.43 Å². The third-order valence-electron chi connectivity index (χ3n) is 5.32. The average Bonchev–Trinajstić information content (AvgIpc) is 2.68. The van der Waals surface area contributed by atoms with Crippen molar-refractivity contribution in [2.45, 2.75) is 45.3 Å². The summed E-state index contributed by atoms with van der Waals surface area (Å²) >= 11 is 0. The first-order valence-electron chi connectivity index (χ1n) is 6.02. The zero-order chi connectivity index (χ0) is 10.5. The molecular weight excluding hydrogens is 188 g/mol. The molecule has 2 heteroatoms. The molecule has 0 aliphatic heterocycles. The first-order valence-corrected chi connectivity index (χ1v) is 9.01. The third-order valence-corrected chi connectivity index (χ3v) is 8.82. The number of fused-ring (bicyclic) bond motifs is 2. The lowest BCUT2D eigenvalue weighted by Crippen LogP contribution is -2.40. The van der Waals surface area contributed by atoms with Crippen molar-refractivity contribution in [3.8, 4) is 0 Å². The summed E-state index contributed by atoms with van der Waals surface area (Å²) in [7, 11) is 0.554. The van der Waals surface area contributed by atoms with Gasteiger partial charge in [0.1, 0.15) is 0 Å². The number of hydrogen-bond donors (Lipinski definition) is 0. The fraction of sp³-hybridized carbons (Fsp3) is 1.00. The van der Waals surface area contributed by atoms with Crippen LogP contribution in [0.3, 0.4) is 0 Å². The smallest absolute Gasteiger partial charge is 0.189 e. The maximum atomic E-state index is 5.80. The molecule has 0 heterocycles. The third kappa shape index (κ3) is 1.38. The van der Waals surface area contributed by atoms with Gasteiger partial charge in [-0.2, -0.15) is 0 Å². The molecule has 2 saturated carbocycles.